The van der Waals surface area contributed by atoms with Crippen LogP contribution in [0.4, 0.5) is 26.3 Å². The standard InChI is InChI=1S/C6H6F6O/c1-5(2,6(10,11)12)13-4(9)3(7)8/h1-2H3. The number of hydrogen-bond acceptors (Lipinski definition) is 1. The Morgan fingerprint density at radius 3 is 1.62 bits per heavy atom. The third-order valence-corrected chi connectivity index (χ3v) is 1.18. The van der Waals surface area contributed by atoms with Gasteiger partial charge in [-0.1, -0.05) is 0 Å². The Morgan fingerprint density at radius 1 is 1.00 bits per heavy atom. The van der Waals surface area contributed by atoms with Gasteiger partial charge in [0, 0.05) is 0 Å². The van der Waals surface area contributed by atoms with Crippen LogP contribution in [0.1, 0.15) is 13.8 Å². The van der Waals surface area contributed by atoms with Crippen LogP contribution >= 0.6 is 0 Å². The molecule has 13 heavy (non-hydrogen) atoms. The molecule has 0 saturated carbocycles. The lowest BCUT2D eigenvalue weighted by Gasteiger charge is -2.27. The van der Waals surface area contributed by atoms with Crippen molar-refractivity contribution in [2.24, 2.45) is 0 Å². The molecule has 0 unspecified atom stereocenters. The summed E-state index contributed by atoms with van der Waals surface area (Å²) >= 11 is 0. The van der Waals surface area contributed by atoms with Crippen molar-refractivity contribution in [2.75, 3.05) is 0 Å². The number of hydrogen-bond donors (Lipinski definition) is 0. The van der Waals surface area contributed by atoms with E-state index in [1.54, 1.807) is 0 Å². The molecule has 0 aliphatic rings. The Balaban J connectivity index is 4.63. The first-order valence-electron chi connectivity index (χ1n) is 3.04. The molecule has 0 atom stereocenters. The summed E-state index contributed by atoms with van der Waals surface area (Å²) in [6.07, 6.45) is -7.84. The molecule has 0 radical (unpaired) electrons. The molecule has 0 saturated heterocycles. The quantitative estimate of drug-likeness (QED) is 0.499. The fourth-order valence-electron chi connectivity index (χ4n) is 0.320. The number of ether oxygens (including phenoxy) is 1. The van der Waals surface area contributed by atoms with Gasteiger partial charge in [-0.05, 0) is 13.8 Å². The molecule has 0 N–H and O–H groups in total. The van der Waals surface area contributed by atoms with Gasteiger partial charge >= 0.3 is 18.3 Å². The Bertz CT molecular complexity index is 212. The van der Waals surface area contributed by atoms with E-state index >= 15 is 0 Å². The fraction of sp³-hybridized carbons (Fsp3) is 0.667. The van der Waals surface area contributed by atoms with Crippen molar-refractivity contribution >= 4 is 0 Å². The molecular formula is C6H6F6O. The van der Waals surface area contributed by atoms with Crippen molar-refractivity contribution < 1.29 is 31.1 Å². The van der Waals surface area contributed by atoms with Gasteiger partial charge in [-0.25, -0.2) is 0 Å². The molecular weight excluding hydrogens is 202 g/mol. The van der Waals surface area contributed by atoms with Gasteiger partial charge in [-0.15, -0.1) is 0 Å². The third-order valence-electron chi connectivity index (χ3n) is 1.18. The summed E-state index contributed by atoms with van der Waals surface area (Å²) in [5.41, 5.74) is -2.97. The minimum atomic E-state index is -4.92. The number of halogens is 6. The summed E-state index contributed by atoms with van der Waals surface area (Å²) in [7, 11) is 0. The summed E-state index contributed by atoms with van der Waals surface area (Å²) in [5, 5.41) is 0. The van der Waals surface area contributed by atoms with Gasteiger partial charge in [0.25, 0.3) is 0 Å². The van der Waals surface area contributed by atoms with Crippen molar-refractivity contribution in [2.45, 2.75) is 25.6 Å². The molecule has 0 aliphatic heterocycles. The molecule has 78 valence electrons. The van der Waals surface area contributed by atoms with Gasteiger partial charge in [0.15, 0.2) is 0 Å². The van der Waals surface area contributed by atoms with E-state index in [9.17, 15) is 26.3 Å². The zero-order valence-corrected chi connectivity index (χ0v) is 6.68. The Kier molecular flexibility index (Phi) is 3.23. The predicted molar refractivity (Wildman–Crippen MR) is 31.6 cm³/mol. The summed E-state index contributed by atoms with van der Waals surface area (Å²) < 4.78 is 73.8. The average molecular weight is 208 g/mol. The number of rotatable bonds is 2. The van der Waals surface area contributed by atoms with Crippen LogP contribution in [-0.2, 0) is 4.74 Å². The third kappa shape index (κ3) is 3.16. The molecule has 1 nitrogen and oxygen atoms in total. The molecule has 0 bridgehead atoms. The highest BCUT2D eigenvalue weighted by atomic mass is 19.4. The van der Waals surface area contributed by atoms with Gasteiger partial charge in [0.2, 0.25) is 5.60 Å². The largest absolute Gasteiger partial charge is 0.451 e. The van der Waals surface area contributed by atoms with Gasteiger partial charge in [-0.2, -0.15) is 26.3 Å². The van der Waals surface area contributed by atoms with Crippen LogP contribution in [0, 0.1) is 0 Å². The van der Waals surface area contributed by atoms with Crippen molar-refractivity contribution in [3.63, 3.8) is 0 Å². The summed E-state index contributed by atoms with van der Waals surface area (Å²) in [6.45, 7) is 0.880. The molecule has 0 aromatic heterocycles. The zero-order valence-electron chi connectivity index (χ0n) is 6.68. The van der Waals surface area contributed by atoms with Crippen LogP contribution in [0.25, 0.3) is 0 Å². The average Bonchev–Trinajstić information content (AvgIpc) is 1.83. The van der Waals surface area contributed by atoms with Crippen molar-refractivity contribution in [1.29, 1.82) is 0 Å². The van der Waals surface area contributed by atoms with Crippen LogP contribution in [0.5, 0.6) is 0 Å². The maximum atomic E-state index is 12.0. The minimum Gasteiger partial charge on any atom is -0.451 e. The Hall–Kier alpha value is -0.880. The second-order valence-corrected chi connectivity index (χ2v) is 2.64. The normalized spacial score (nSPS) is 12.6. The van der Waals surface area contributed by atoms with E-state index in [0.29, 0.717) is 13.8 Å². The van der Waals surface area contributed by atoms with E-state index in [-0.39, 0.29) is 0 Å². The fourth-order valence-corrected chi connectivity index (χ4v) is 0.320. The molecule has 0 rings (SSSR count). The SMILES string of the molecule is CC(C)(OC(F)=C(F)F)C(F)(F)F. The molecule has 0 aromatic carbocycles. The van der Waals surface area contributed by atoms with Gasteiger partial charge in [0.1, 0.15) is 0 Å². The van der Waals surface area contributed by atoms with Gasteiger partial charge in [-0.3, -0.25) is 0 Å². The van der Waals surface area contributed by atoms with Crippen LogP contribution in [-0.4, -0.2) is 11.8 Å². The van der Waals surface area contributed by atoms with Crippen molar-refractivity contribution in [1.82, 2.24) is 0 Å². The lowest BCUT2D eigenvalue weighted by atomic mass is 10.1. The van der Waals surface area contributed by atoms with Crippen LogP contribution in [0.2, 0.25) is 0 Å². The Labute approximate surface area is 70.0 Å². The number of alkyl halides is 3. The van der Waals surface area contributed by atoms with Crippen molar-refractivity contribution in [3.8, 4) is 0 Å². The van der Waals surface area contributed by atoms with E-state index in [1.165, 1.54) is 0 Å². The molecule has 0 fully saturated rings. The van der Waals surface area contributed by atoms with Crippen LogP contribution in [0.15, 0.2) is 12.1 Å². The van der Waals surface area contributed by atoms with Crippen molar-refractivity contribution in [3.05, 3.63) is 12.1 Å². The monoisotopic (exact) mass is 208 g/mol. The first-order chi connectivity index (χ1) is 5.58. The maximum Gasteiger partial charge on any atom is 0.427 e. The molecule has 7 heteroatoms. The zero-order chi connectivity index (χ0) is 10.9. The highest BCUT2D eigenvalue weighted by Gasteiger charge is 2.50. The van der Waals surface area contributed by atoms with E-state index in [1.807, 2.05) is 0 Å². The van der Waals surface area contributed by atoms with Crippen LogP contribution in [0.3, 0.4) is 0 Å². The van der Waals surface area contributed by atoms with E-state index in [4.69, 9.17) is 0 Å². The van der Waals surface area contributed by atoms with E-state index in [2.05, 4.69) is 4.74 Å². The molecule has 0 aliphatic carbocycles. The van der Waals surface area contributed by atoms with Gasteiger partial charge in [0.05, 0.1) is 0 Å². The highest BCUT2D eigenvalue weighted by molar-refractivity contribution is 4.88. The summed E-state index contributed by atoms with van der Waals surface area (Å²) in [4.78, 5) is 0. The lowest BCUT2D eigenvalue weighted by molar-refractivity contribution is -0.258. The van der Waals surface area contributed by atoms with E-state index in [0.717, 1.165) is 0 Å². The molecule has 0 amide bonds. The summed E-state index contributed by atoms with van der Waals surface area (Å²) in [6, 6.07) is -2.51. The first-order valence-corrected chi connectivity index (χ1v) is 3.04. The highest BCUT2D eigenvalue weighted by Crippen LogP contribution is 2.35. The van der Waals surface area contributed by atoms with Crippen LogP contribution < -0.4 is 0 Å². The molecule has 0 spiro atoms. The maximum absolute atomic E-state index is 12.0. The van der Waals surface area contributed by atoms with E-state index < -0.39 is 23.9 Å². The van der Waals surface area contributed by atoms with Gasteiger partial charge < -0.3 is 4.74 Å². The minimum absolute atomic E-state index is 0.440. The second kappa shape index (κ2) is 3.47. The smallest absolute Gasteiger partial charge is 0.427 e. The topological polar surface area (TPSA) is 9.23 Å². The lowest BCUT2D eigenvalue weighted by Crippen LogP contribution is -2.41. The Morgan fingerprint density at radius 2 is 1.38 bits per heavy atom. The summed E-state index contributed by atoms with van der Waals surface area (Å²) in [5.74, 6) is 0. The molecule has 0 heterocycles. The molecule has 0 aromatic rings. The first kappa shape index (κ1) is 12.1. The second-order valence-electron chi connectivity index (χ2n) is 2.64. The predicted octanol–water partition coefficient (Wildman–Crippen LogP) is 3.38.